The molecule has 0 fully saturated rings. The van der Waals surface area contributed by atoms with Gasteiger partial charge in [0.05, 0.1) is 0 Å². The van der Waals surface area contributed by atoms with E-state index in [1.54, 1.807) is 19.1 Å². The number of carbonyl (C=O) groups is 1. The highest BCUT2D eigenvalue weighted by Crippen LogP contribution is 2.24. The molecule has 0 aliphatic rings. The van der Waals surface area contributed by atoms with Crippen molar-refractivity contribution in [3.63, 3.8) is 0 Å². The second kappa shape index (κ2) is 6.78. The molecule has 21 heavy (non-hydrogen) atoms. The summed E-state index contributed by atoms with van der Waals surface area (Å²) in [4.78, 5) is 15.3. The molecule has 0 radical (unpaired) electrons. The molecule has 0 aliphatic carbocycles. The molecule has 0 bridgehead atoms. The molecule has 2 aromatic rings. The van der Waals surface area contributed by atoms with Crippen molar-refractivity contribution >= 4 is 5.91 Å². The van der Waals surface area contributed by atoms with Crippen LogP contribution in [-0.4, -0.2) is 10.9 Å². The van der Waals surface area contributed by atoms with Gasteiger partial charge in [0.25, 0.3) is 0 Å². The van der Waals surface area contributed by atoms with Crippen molar-refractivity contribution in [1.29, 1.82) is 0 Å². The van der Waals surface area contributed by atoms with Gasteiger partial charge < -0.3 is 10.1 Å². The maximum absolute atomic E-state index is 13.1. The maximum atomic E-state index is 13.1. The van der Waals surface area contributed by atoms with Crippen LogP contribution < -0.4 is 10.1 Å². The summed E-state index contributed by atoms with van der Waals surface area (Å²) >= 11 is 0. The van der Waals surface area contributed by atoms with E-state index in [2.05, 4.69) is 10.3 Å². The van der Waals surface area contributed by atoms with E-state index in [1.165, 1.54) is 12.3 Å². The Hall–Kier alpha value is -2.50. The minimum absolute atomic E-state index is 0.0994. The van der Waals surface area contributed by atoms with Crippen molar-refractivity contribution in [2.45, 2.75) is 19.9 Å². The molecule has 0 aliphatic heterocycles. The quantitative estimate of drug-likeness (QED) is 0.921. The van der Waals surface area contributed by atoms with Crippen LogP contribution in [0.2, 0.25) is 0 Å². The Bertz CT molecular complexity index is 647. The number of rotatable bonds is 5. The van der Waals surface area contributed by atoms with Gasteiger partial charge in [0, 0.05) is 30.8 Å². The van der Waals surface area contributed by atoms with Crippen LogP contribution in [0.1, 0.15) is 18.9 Å². The fourth-order valence-corrected chi connectivity index (χ4v) is 1.62. The Morgan fingerprint density at radius 3 is 2.81 bits per heavy atom. The first kappa shape index (κ1) is 14.9. The lowest BCUT2D eigenvalue weighted by Gasteiger charge is -2.10. The van der Waals surface area contributed by atoms with Gasteiger partial charge in [0.1, 0.15) is 5.75 Å². The fraction of sp³-hybridized carbons (Fsp3) is 0.200. The first-order valence-electron chi connectivity index (χ1n) is 6.43. The normalized spacial score (nSPS) is 10.2. The van der Waals surface area contributed by atoms with Crippen LogP contribution in [-0.2, 0) is 11.3 Å². The number of nitrogens with one attached hydrogen (secondary N) is 1. The molecule has 1 aromatic heterocycles. The number of amides is 1. The molecule has 0 atom stereocenters. The van der Waals surface area contributed by atoms with E-state index in [4.69, 9.17) is 4.74 Å². The predicted octanol–water partition coefficient (Wildman–Crippen LogP) is 3.18. The van der Waals surface area contributed by atoms with E-state index in [0.717, 1.165) is 12.1 Å². The van der Waals surface area contributed by atoms with Gasteiger partial charge in [-0.15, -0.1) is 0 Å². The SMILES string of the molecule is CCC(=O)NCc1cccnc1Oc1ccc(F)c(F)c1. The molecular weight excluding hydrogens is 278 g/mol. The molecule has 1 N–H and O–H groups in total. The lowest BCUT2D eigenvalue weighted by Crippen LogP contribution is -2.21. The Kier molecular flexibility index (Phi) is 4.81. The molecule has 4 nitrogen and oxygen atoms in total. The fourth-order valence-electron chi connectivity index (χ4n) is 1.62. The summed E-state index contributed by atoms with van der Waals surface area (Å²) in [5.41, 5.74) is 0.643. The number of hydrogen-bond acceptors (Lipinski definition) is 3. The van der Waals surface area contributed by atoms with Crippen LogP contribution in [0.3, 0.4) is 0 Å². The smallest absolute Gasteiger partial charge is 0.224 e. The topological polar surface area (TPSA) is 51.2 Å². The van der Waals surface area contributed by atoms with Crippen LogP contribution in [0, 0.1) is 11.6 Å². The number of aromatic nitrogens is 1. The van der Waals surface area contributed by atoms with E-state index >= 15 is 0 Å². The van der Waals surface area contributed by atoms with E-state index in [9.17, 15) is 13.6 Å². The van der Waals surface area contributed by atoms with Gasteiger partial charge in [0.2, 0.25) is 11.8 Å². The first-order chi connectivity index (χ1) is 10.1. The van der Waals surface area contributed by atoms with Crippen molar-refractivity contribution in [3.8, 4) is 11.6 Å². The number of carbonyl (C=O) groups excluding carboxylic acids is 1. The third-order valence-corrected chi connectivity index (χ3v) is 2.75. The maximum Gasteiger partial charge on any atom is 0.224 e. The molecule has 1 amide bonds. The average molecular weight is 292 g/mol. The number of benzene rings is 1. The average Bonchev–Trinajstić information content (AvgIpc) is 2.49. The summed E-state index contributed by atoms with van der Waals surface area (Å²) in [6.07, 6.45) is 1.89. The molecule has 110 valence electrons. The molecule has 2 rings (SSSR count). The number of hydrogen-bond donors (Lipinski definition) is 1. The first-order valence-corrected chi connectivity index (χ1v) is 6.43. The standard InChI is InChI=1S/C15H14F2N2O2/c1-2-14(20)19-9-10-4-3-7-18-15(10)21-11-5-6-12(16)13(17)8-11/h3-8H,2,9H2,1H3,(H,19,20). The van der Waals surface area contributed by atoms with E-state index < -0.39 is 11.6 Å². The van der Waals surface area contributed by atoms with Crippen LogP contribution >= 0.6 is 0 Å². The molecule has 1 heterocycles. The van der Waals surface area contributed by atoms with E-state index in [1.807, 2.05) is 0 Å². The third kappa shape index (κ3) is 3.98. The predicted molar refractivity (Wildman–Crippen MR) is 72.8 cm³/mol. The van der Waals surface area contributed by atoms with Gasteiger partial charge >= 0.3 is 0 Å². The Balaban J connectivity index is 2.15. The molecule has 6 heteroatoms. The number of ether oxygens (including phenoxy) is 1. The summed E-state index contributed by atoms with van der Waals surface area (Å²) in [6, 6.07) is 6.66. The van der Waals surface area contributed by atoms with Crippen molar-refractivity contribution in [2.75, 3.05) is 0 Å². The van der Waals surface area contributed by atoms with Gasteiger partial charge in [-0.2, -0.15) is 0 Å². The highest BCUT2D eigenvalue weighted by molar-refractivity contribution is 5.75. The molecule has 0 unspecified atom stereocenters. The summed E-state index contributed by atoms with van der Waals surface area (Å²) in [5.74, 6) is -1.67. The zero-order valence-electron chi connectivity index (χ0n) is 11.4. The monoisotopic (exact) mass is 292 g/mol. The van der Waals surface area contributed by atoms with E-state index in [-0.39, 0.29) is 24.1 Å². The van der Waals surface area contributed by atoms with Gasteiger partial charge in [0.15, 0.2) is 11.6 Å². The van der Waals surface area contributed by atoms with Crippen LogP contribution in [0.5, 0.6) is 11.6 Å². The second-order valence-corrected chi connectivity index (χ2v) is 4.28. The molecule has 0 saturated carbocycles. The lowest BCUT2D eigenvalue weighted by atomic mass is 10.2. The Morgan fingerprint density at radius 1 is 1.29 bits per heavy atom. The molecular formula is C15H14F2N2O2. The molecule has 0 spiro atoms. The van der Waals surface area contributed by atoms with Crippen LogP contribution in [0.15, 0.2) is 36.5 Å². The number of pyridine rings is 1. The molecule has 0 saturated heterocycles. The minimum atomic E-state index is -0.996. The van der Waals surface area contributed by atoms with Gasteiger partial charge in [-0.3, -0.25) is 4.79 Å². The van der Waals surface area contributed by atoms with Crippen molar-refractivity contribution < 1.29 is 18.3 Å². The van der Waals surface area contributed by atoms with Crippen molar-refractivity contribution in [1.82, 2.24) is 10.3 Å². The summed E-state index contributed by atoms with van der Waals surface area (Å²) < 4.78 is 31.5. The second-order valence-electron chi connectivity index (χ2n) is 4.28. The van der Waals surface area contributed by atoms with Crippen LogP contribution in [0.25, 0.3) is 0 Å². The Morgan fingerprint density at radius 2 is 2.10 bits per heavy atom. The Labute approximate surface area is 120 Å². The summed E-state index contributed by atoms with van der Waals surface area (Å²) in [6.45, 7) is 2.00. The highest BCUT2D eigenvalue weighted by atomic mass is 19.2. The molecule has 1 aromatic carbocycles. The van der Waals surface area contributed by atoms with Gasteiger partial charge in [-0.25, -0.2) is 13.8 Å². The highest BCUT2D eigenvalue weighted by Gasteiger charge is 2.09. The van der Waals surface area contributed by atoms with E-state index in [0.29, 0.717) is 12.0 Å². The van der Waals surface area contributed by atoms with Crippen molar-refractivity contribution in [3.05, 3.63) is 53.7 Å². The summed E-state index contributed by atoms with van der Waals surface area (Å²) in [7, 11) is 0. The lowest BCUT2D eigenvalue weighted by molar-refractivity contribution is -0.120. The van der Waals surface area contributed by atoms with Crippen molar-refractivity contribution in [2.24, 2.45) is 0 Å². The minimum Gasteiger partial charge on any atom is -0.439 e. The van der Waals surface area contributed by atoms with Gasteiger partial charge in [-0.05, 0) is 18.2 Å². The summed E-state index contributed by atoms with van der Waals surface area (Å²) in [5, 5.41) is 2.70. The van der Waals surface area contributed by atoms with Crippen LogP contribution in [0.4, 0.5) is 8.78 Å². The number of halogens is 2. The van der Waals surface area contributed by atoms with Gasteiger partial charge in [-0.1, -0.05) is 13.0 Å². The zero-order valence-corrected chi connectivity index (χ0v) is 11.4. The largest absolute Gasteiger partial charge is 0.439 e. The zero-order chi connectivity index (χ0) is 15.2. The number of nitrogens with zero attached hydrogens (tertiary/aromatic N) is 1. The third-order valence-electron chi connectivity index (χ3n) is 2.75.